The smallest absolute Gasteiger partial charge is 0.238 e. The molecule has 0 aliphatic carbocycles. The van der Waals surface area contributed by atoms with Crippen molar-refractivity contribution in [2.24, 2.45) is 5.84 Å². The maximum Gasteiger partial charge on any atom is 0.238 e. The van der Waals surface area contributed by atoms with E-state index >= 15 is 0 Å². The van der Waals surface area contributed by atoms with E-state index in [1.54, 1.807) is 0 Å². The molecule has 0 saturated carbocycles. The SMILES string of the molecule is NNC(=O)Cc1cccc(-n2cccc2)c1. The van der Waals surface area contributed by atoms with Crippen LogP contribution in [0, 0.1) is 0 Å². The maximum atomic E-state index is 11.1. The zero-order chi connectivity index (χ0) is 11.4. The lowest BCUT2D eigenvalue weighted by molar-refractivity contribution is -0.120. The minimum Gasteiger partial charge on any atom is -0.324 e. The second kappa shape index (κ2) is 4.63. The van der Waals surface area contributed by atoms with E-state index in [0.717, 1.165) is 11.3 Å². The molecular formula is C12H13N3O. The number of hydrazine groups is 1. The summed E-state index contributed by atoms with van der Waals surface area (Å²) in [5.41, 5.74) is 4.10. The Labute approximate surface area is 93.7 Å². The molecule has 1 aromatic heterocycles. The second-order valence-corrected chi connectivity index (χ2v) is 3.50. The monoisotopic (exact) mass is 215 g/mol. The number of benzene rings is 1. The van der Waals surface area contributed by atoms with Crippen molar-refractivity contribution in [3.05, 3.63) is 54.4 Å². The molecule has 0 atom stereocenters. The molecule has 2 rings (SSSR count). The van der Waals surface area contributed by atoms with Crippen molar-refractivity contribution < 1.29 is 4.79 Å². The highest BCUT2D eigenvalue weighted by molar-refractivity contribution is 5.78. The van der Waals surface area contributed by atoms with Gasteiger partial charge in [0.1, 0.15) is 0 Å². The molecule has 0 spiro atoms. The fraction of sp³-hybridized carbons (Fsp3) is 0.0833. The van der Waals surface area contributed by atoms with Crippen LogP contribution in [0.25, 0.3) is 5.69 Å². The molecular weight excluding hydrogens is 202 g/mol. The van der Waals surface area contributed by atoms with E-state index in [4.69, 9.17) is 5.84 Å². The molecule has 4 nitrogen and oxygen atoms in total. The summed E-state index contributed by atoms with van der Waals surface area (Å²) in [4.78, 5) is 11.1. The molecule has 0 aliphatic rings. The Hall–Kier alpha value is -2.07. The summed E-state index contributed by atoms with van der Waals surface area (Å²) in [6, 6.07) is 11.7. The van der Waals surface area contributed by atoms with E-state index in [9.17, 15) is 4.79 Å². The highest BCUT2D eigenvalue weighted by Crippen LogP contribution is 2.11. The molecule has 2 aromatic rings. The van der Waals surface area contributed by atoms with E-state index < -0.39 is 0 Å². The first-order valence-corrected chi connectivity index (χ1v) is 5.01. The average Bonchev–Trinajstić information content (AvgIpc) is 2.83. The van der Waals surface area contributed by atoms with Crippen molar-refractivity contribution in [1.29, 1.82) is 0 Å². The Bertz CT molecular complexity index is 477. The molecule has 0 unspecified atom stereocenters. The number of aromatic nitrogens is 1. The molecule has 82 valence electrons. The van der Waals surface area contributed by atoms with Crippen molar-refractivity contribution in [1.82, 2.24) is 9.99 Å². The van der Waals surface area contributed by atoms with Crippen LogP contribution in [0.2, 0.25) is 0 Å². The Balaban J connectivity index is 2.23. The number of rotatable bonds is 3. The first kappa shape index (κ1) is 10.4. The van der Waals surface area contributed by atoms with E-state index in [-0.39, 0.29) is 5.91 Å². The molecule has 1 aromatic carbocycles. The number of carbonyl (C=O) groups is 1. The van der Waals surface area contributed by atoms with Gasteiger partial charge in [0.15, 0.2) is 0 Å². The molecule has 0 fully saturated rings. The summed E-state index contributed by atoms with van der Waals surface area (Å²) in [5.74, 6) is 4.86. The van der Waals surface area contributed by atoms with Gasteiger partial charge >= 0.3 is 0 Å². The van der Waals surface area contributed by atoms with Crippen molar-refractivity contribution in [2.75, 3.05) is 0 Å². The van der Waals surface area contributed by atoms with Gasteiger partial charge in [-0.25, -0.2) is 5.84 Å². The van der Waals surface area contributed by atoms with E-state index in [0.29, 0.717) is 6.42 Å². The Kier molecular flexibility index (Phi) is 3.03. The van der Waals surface area contributed by atoms with E-state index in [1.807, 2.05) is 53.4 Å². The highest BCUT2D eigenvalue weighted by Gasteiger charge is 2.02. The van der Waals surface area contributed by atoms with Crippen molar-refractivity contribution >= 4 is 5.91 Å². The van der Waals surface area contributed by atoms with Crippen LogP contribution in [-0.4, -0.2) is 10.5 Å². The number of nitrogens with two attached hydrogens (primary N) is 1. The van der Waals surface area contributed by atoms with Gasteiger partial charge in [0, 0.05) is 18.1 Å². The molecule has 1 amide bonds. The minimum atomic E-state index is -0.190. The molecule has 3 N–H and O–H groups in total. The van der Waals surface area contributed by atoms with Crippen LogP contribution in [0.15, 0.2) is 48.8 Å². The molecule has 16 heavy (non-hydrogen) atoms. The third kappa shape index (κ3) is 2.29. The van der Waals surface area contributed by atoms with Gasteiger partial charge in [-0.3, -0.25) is 10.2 Å². The summed E-state index contributed by atoms with van der Waals surface area (Å²) >= 11 is 0. The van der Waals surface area contributed by atoms with E-state index in [2.05, 4.69) is 5.43 Å². The fourth-order valence-electron chi connectivity index (χ4n) is 1.57. The van der Waals surface area contributed by atoms with Gasteiger partial charge < -0.3 is 4.57 Å². The molecule has 0 radical (unpaired) electrons. The summed E-state index contributed by atoms with van der Waals surface area (Å²) in [7, 11) is 0. The normalized spacial score (nSPS) is 10.1. The summed E-state index contributed by atoms with van der Waals surface area (Å²) < 4.78 is 1.99. The predicted octanol–water partition coefficient (Wildman–Crippen LogP) is 1.01. The van der Waals surface area contributed by atoms with Crippen molar-refractivity contribution in [3.63, 3.8) is 0 Å². The number of nitrogens with zero attached hydrogens (tertiary/aromatic N) is 1. The number of amides is 1. The quantitative estimate of drug-likeness (QED) is 0.456. The average molecular weight is 215 g/mol. The van der Waals surface area contributed by atoms with Gasteiger partial charge in [0.2, 0.25) is 5.91 Å². The van der Waals surface area contributed by atoms with Crippen LogP contribution in [-0.2, 0) is 11.2 Å². The molecule has 1 heterocycles. The number of nitrogens with one attached hydrogen (secondary N) is 1. The third-order valence-corrected chi connectivity index (χ3v) is 2.34. The van der Waals surface area contributed by atoms with Crippen LogP contribution in [0.5, 0.6) is 0 Å². The number of hydrogen-bond donors (Lipinski definition) is 2. The van der Waals surface area contributed by atoms with Crippen molar-refractivity contribution in [3.8, 4) is 5.69 Å². The van der Waals surface area contributed by atoms with Crippen molar-refractivity contribution in [2.45, 2.75) is 6.42 Å². The van der Waals surface area contributed by atoms with Crippen LogP contribution >= 0.6 is 0 Å². The largest absolute Gasteiger partial charge is 0.324 e. The zero-order valence-corrected chi connectivity index (χ0v) is 8.76. The van der Waals surface area contributed by atoms with Gasteiger partial charge in [-0.05, 0) is 29.8 Å². The predicted molar refractivity (Wildman–Crippen MR) is 61.8 cm³/mol. The zero-order valence-electron chi connectivity index (χ0n) is 8.76. The molecule has 4 heteroatoms. The standard InChI is InChI=1S/C12H13N3O/c13-14-12(16)9-10-4-3-5-11(8-10)15-6-1-2-7-15/h1-8H,9,13H2,(H,14,16). The fourth-order valence-corrected chi connectivity index (χ4v) is 1.57. The third-order valence-electron chi connectivity index (χ3n) is 2.34. The first-order chi connectivity index (χ1) is 7.79. The molecule has 0 bridgehead atoms. The van der Waals surface area contributed by atoms with Crippen LogP contribution < -0.4 is 11.3 Å². The Morgan fingerprint density at radius 1 is 1.25 bits per heavy atom. The lowest BCUT2D eigenvalue weighted by Crippen LogP contribution is -2.31. The van der Waals surface area contributed by atoms with Gasteiger partial charge in [-0.1, -0.05) is 12.1 Å². The van der Waals surface area contributed by atoms with Crippen LogP contribution in [0.1, 0.15) is 5.56 Å². The van der Waals surface area contributed by atoms with Gasteiger partial charge in [-0.2, -0.15) is 0 Å². The van der Waals surface area contributed by atoms with Gasteiger partial charge in [0.25, 0.3) is 0 Å². The number of hydrogen-bond acceptors (Lipinski definition) is 2. The summed E-state index contributed by atoms with van der Waals surface area (Å²) in [6.07, 6.45) is 4.22. The summed E-state index contributed by atoms with van der Waals surface area (Å²) in [5, 5.41) is 0. The second-order valence-electron chi connectivity index (χ2n) is 3.50. The summed E-state index contributed by atoms with van der Waals surface area (Å²) in [6.45, 7) is 0. The van der Waals surface area contributed by atoms with Gasteiger partial charge in [-0.15, -0.1) is 0 Å². The molecule has 0 aliphatic heterocycles. The van der Waals surface area contributed by atoms with Crippen LogP contribution in [0.3, 0.4) is 0 Å². The molecule has 0 saturated heterocycles. The van der Waals surface area contributed by atoms with Gasteiger partial charge in [0.05, 0.1) is 6.42 Å². The Morgan fingerprint density at radius 3 is 2.69 bits per heavy atom. The Morgan fingerprint density at radius 2 is 2.00 bits per heavy atom. The maximum absolute atomic E-state index is 11.1. The van der Waals surface area contributed by atoms with E-state index in [1.165, 1.54) is 0 Å². The lowest BCUT2D eigenvalue weighted by Gasteiger charge is -2.05. The minimum absolute atomic E-state index is 0.190. The lowest BCUT2D eigenvalue weighted by atomic mass is 10.1. The van der Waals surface area contributed by atoms with Crippen LogP contribution in [0.4, 0.5) is 0 Å². The highest BCUT2D eigenvalue weighted by atomic mass is 16.2. The number of carbonyl (C=O) groups excluding carboxylic acids is 1. The first-order valence-electron chi connectivity index (χ1n) is 5.01. The topological polar surface area (TPSA) is 60.0 Å².